The second-order valence-corrected chi connectivity index (χ2v) is 4.50. The first-order chi connectivity index (χ1) is 7.87. The third-order valence-electron chi connectivity index (χ3n) is 1.85. The van der Waals surface area contributed by atoms with Crippen molar-refractivity contribution >= 4 is 17.2 Å². The number of aromatic carboxylic acids is 1. The molecule has 6 heteroatoms. The van der Waals surface area contributed by atoms with Gasteiger partial charge in [-0.15, -0.1) is 0 Å². The summed E-state index contributed by atoms with van der Waals surface area (Å²) in [5, 5.41) is 8.78. The van der Waals surface area contributed by atoms with Gasteiger partial charge in [0, 0.05) is 12.3 Å². The first-order valence-electron chi connectivity index (χ1n) is 5.05. The van der Waals surface area contributed by atoms with Crippen LogP contribution < -0.4 is 4.74 Å². The number of fused-ring (bicyclic) bond motifs is 1. The van der Waals surface area contributed by atoms with Crippen molar-refractivity contribution in [2.24, 2.45) is 0 Å². The molecule has 0 aliphatic carbocycles. The average molecular weight is 236 g/mol. The van der Waals surface area contributed by atoms with Crippen molar-refractivity contribution in [2.45, 2.75) is 26.4 Å². The van der Waals surface area contributed by atoms with Crippen molar-refractivity contribution in [3.05, 3.63) is 18.2 Å². The minimum atomic E-state index is -1.23. The van der Waals surface area contributed by atoms with E-state index in [1.54, 1.807) is 6.07 Å². The third kappa shape index (κ3) is 2.35. The number of aromatic nitrogens is 2. The quantitative estimate of drug-likeness (QED) is 0.859. The number of carboxylic acids is 1. The van der Waals surface area contributed by atoms with E-state index in [0.29, 0.717) is 5.75 Å². The zero-order valence-electron chi connectivity index (χ0n) is 9.72. The molecule has 2 rings (SSSR count). The van der Waals surface area contributed by atoms with E-state index in [1.165, 1.54) is 6.20 Å². The first kappa shape index (κ1) is 11.4. The van der Waals surface area contributed by atoms with Crippen LogP contribution in [-0.2, 0) is 0 Å². The number of pyridine rings is 1. The molecule has 17 heavy (non-hydrogen) atoms. The van der Waals surface area contributed by atoms with Crippen LogP contribution in [0.1, 0.15) is 31.5 Å². The van der Waals surface area contributed by atoms with Crippen LogP contribution in [0, 0.1) is 0 Å². The van der Waals surface area contributed by atoms with Crippen LogP contribution in [0.4, 0.5) is 0 Å². The van der Waals surface area contributed by atoms with Gasteiger partial charge < -0.3 is 14.3 Å². The number of hydrogen-bond donors (Lipinski definition) is 1. The van der Waals surface area contributed by atoms with Gasteiger partial charge in [0.15, 0.2) is 5.75 Å². The van der Waals surface area contributed by atoms with E-state index in [2.05, 4.69) is 9.97 Å². The topological polar surface area (TPSA) is 85.5 Å². The summed E-state index contributed by atoms with van der Waals surface area (Å²) >= 11 is 0. The van der Waals surface area contributed by atoms with Gasteiger partial charge in [-0.3, -0.25) is 0 Å². The molecule has 0 aliphatic heterocycles. The first-order valence-corrected chi connectivity index (χ1v) is 5.05. The maximum absolute atomic E-state index is 10.7. The molecule has 0 saturated heterocycles. The van der Waals surface area contributed by atoms with Crippen LogP contribution in [0.3, 0.4) is 0 Å². The van der Waals surface area contributed by atoms with Crippen molar-refractivity contribution in [3.63, 3.8) is 0 Å². The molecule has 2 aromatic rings. The van der Waals surface area contributed by atoms with Crippen molar-refractivity contribution in [1.29, 1.82) is 0 Å². The van der Waals surface area contributed by atoms with Crippen LogP contribution in [0.2, 0.25) is 0 Å². The minimum absolute atomic E-state index is 0.226. The Bertz CT molecular complexity index is 568. The Morgan fingerprint density at radius 2 is 2.18 bits per heavy atom. The third-order valence-corrected chi connectivity index (χ3v) is 1.85. The molecule has 0 fully saturated rings. The van der Waals surface area contributed by atoms with Gasteiger partial charge in [-0.05, 0) is 20.8 Å². The number of ether oxygens (including phenoxy) is 1. The van der Waals surface area contributed by atoms with E-state index < -0.39 is 17.5 Å². The van der Waals surface area contributed by atoms with Crippen molar-refractivity contribution < 1.29 is 19.1 Å². The highest BCUT2D eigenvalue weighted by Gasteiger charge is 2.20. The molecule has 0 radical (unpaired) electrons. The van der Waals surface area contributed by atoms with Crippen molar-refractivity contribution in [3.8, 4) is 5.75 Å². The molecule has 6 nitrogen and oxygen atoms in total. The minimum Gasteiger partial charge on any atom is -0.484 e. The molecule has 0 bridgehead atoms. The Morgan fingerprint density at radius 3 is 2.76 bits per heavy atom. The largest absolute Gasteiger partial charge is 0.484 e. The maximum atomic E-state index is 10.7. The second-order valence-electron chi connectivity index (χ2n) is 4.50. The number of oxazole rings is 1. The lowest BCUT2D eigenvalue weighted by atomic mass is 10.2. The number of carboxylic acid groups (broad SMARTS) is 1. The summed E-state index contributed by atoms with van der Waals surface area (Å²) in [5.74, 6) is -1.19. The summed E-state index contributed by atoms with van der Waals surface area (Å²) in [6, 6.07) is 1.62. The number of hydrogen-bond acceptors (Lipinski definition) is 5. The summed E-state index contributed by atoms with van der Waals surface area (Å²) in [4.78, 5) is 18.4. The molecule has 0 aliphatic rings. The molecule has 0 unspecified atom stereocenters. The molecule has 0 aromatic carbocycles. The van der Waals surface area contributed by atoms with Gasteiger partial charge >= 0.3 is 11.9 Å². The Hall–Kier alpha value is -2.11. The summed E-state index contributed by atoms with van der Waals surface area (Å²) in [6.45, 7) is 5.65. The van der Waals surface area contributed by atoms with E-state index in [4.69, 9.17) is 14.3 Å². The molecular weight excluding hydrogens is 224 g/mol. The van der Waals surface area contributed by atoms with Crippen LogP contribution >= 0.6 is 0 Å². The van der Waals surface area contributed by atoms with E-state index in [-0.39, 0.29) is 11.2 Å². The highest BCUT2D eigenvalue weighted by molar-refractivity contribution is 5.87. The second kappa shape index (κ2) is 3.73. The van der Waals surface area contributed by atoms with Gasteiger partial charge in [0.05, 0.1) is 0 Å². The molecule has 2 aromatic heterocycles. The summed E-state index contributed by atoms with van der Waals surface area (Å²) in [5.41, 5.74) is 0.0637. The fraction of sp³-hybridized carbons (Fsp3) is 0.364. The fourth-order valence-electron chi connectivity index (χ4n) is 1.31. The zero-order valence-corrected chi connectivity index (χ0v) is 9.72. The fourth-order valence-corrected chi connectivity index (χ4v) is 1.31. The van der Waals surface area contributed by atoms with Crippen LogP contribution in [0.25, 0.3) is 11.2 Å². The van der Waals surface area contributed by atoms with Gasteiger partial charge in [-0.2, -0.15) is 4.98 Å². The monoisotopic (exact) mass is 236 g/mol. The molecule has 1 N–H and O–H groups in total. The smallest absolute Gasteiger partial charge is 0.392 e. The normalized spacial score (nSPS) is 11.7. The summed E-state index contributed by atoms with van der Waals surface area (Å²) < 4.78 is 10.7. The van der Waals surface area contributed by atoms with Crippen LogP contribution in [0.5, 0.6) is 5.75 Å². The highest BCUT2D eigenvalue weighted by atomic mass is 16.5. The molecule has 0 saturated carbocycles. The SMILES string of the molecule is CC(C)(C)Oc1ccnc2nc(C(=O)O)oc12. The van der Waals surface area contributed by atoms with E-state index in [0.717, 1.165) is 0 Å². The van der Waals surface area contributed by atoms with E-state index in [1.807, 2.05) is 20.8 Å². The predicted molar refractivity (Wildman–Crippen MR) is 59.1 cm³/mol. The van der Waals surface area contributed by atoms with Crippen LogP contribution in [-0.4, -0.2) is 26.6 Å². The van der Waals surface area contributed by atoms with E-state index >= 15 is 0 Å². The molecule has 0 spiro atoms. The lowest BCUT2D eigenvalue weighted by molar-refractivity contribution is 0.0656. The van der Waals surface area contributed by atoms with Crippen molar-refractivity contribution in [2.75, 3.05) is 0 Å². The van der Waals surface area contributed by atoms with Gasteiger partial charge in [0.1, 0.15) is 5.60 Å². The molecule has 0 amide bonds. The summed E-state index contributed by atoms with van der Waals surface area (Å²) in [7, 11) is 0. The Kier molecular flexibility index (Phi) is 2.49. The predicted octanol–water partition coefficient (Wildman–Crippen LogP) is 2.10. The van der Waals surface area contributed by atoms with Gasteiger partial charge in [-0.25, -0.2) is 9.78 Å². The summed E-state index contributed by atoms with van der Waals surface area (Å²) in [6.07, 6.45) is 1.50. The van der Waals surface area contributed by atoms with E-state index in [9.17, 15) is 4.79 Å². The molecule has 90 valence electrons. The number of rotatable bonds is 2. The molecular formula is C11H12N2O4. The van der Waals surface area contributed by atoms with Gasteiger partial charge in [-0.1, -0.05) is 0 Å². The number of carbonyl (C=O) groups is 1. The lowest BCUT2D eigenvalue weighted by Crippen LogP contribution is -2.23. The highest BCUT2D eigenvalue weighted by Crippen LogP contribution is 2.27. The zero-order chi connectivity index (χ0) is 12.6. The van der Waals surface area contributed by atoms with Crippen molar-refractivity contribution in [1.82, 2.24) is 9.97 Å². The van der Waals surface area contributed by atoms with Crippen LogP contribution in [0.15, 0.2) is 16.7 Å². The number of nitrogens with zero attached hydrogens (tertiary/aromatic N) is 2. The molecule has 0 atom stereocenters. The maximum Gasteiger partial charge on any atom is 0.392 e. The Labute approximate surface area is 97.2 Å². The Morgan fingerprint density at radius 1 is 1.47 bits per heavy atom. The van der Waals surface area contributed by atoms with Gasteiger partial charge in [0.25, 0.3) is 0 Å². The standard InChI is InChI=1S/C11H12N2O4/c1-11(2,3)17-6-4-5-12-8-7(6)16-9(13-8)10(14)15/h4-5H,1-3H3,(H,14,15). The van der Waals surface area contributed by atoms with Gasteiger partial charge in [0.2, 0.25) is 11.2 Å². The average Bonchev–Trinajstić information content (AvgIpc) is 2.60. The molecule has 2 heterocycles. The lowest BCUT2D eigenvalue weighted by Gasteiger charge is -2.20. The Balaban J connectivity index is 2.53.